The van der Waals surface area contributed by atoms with Gasteiger partial charge in [-0.05, 0) is 24.6 Å². The molecule has 0 saturated heterocycles. The number of unbranched alkanes of at least 4 members (excludes halogenated alkanes) is 4. The Morgan fingerprint density at radius 2 is 2.05 bits per heavy atom. The molecule has 0 aliphatic rings. The van der Waals surface area contributed by atoms with Crippen LogP contribution in [-0.2, 0) is 10.8 Å². The Kier molecular flexibility index (Phi) is 4.96. The van der Waals surface area contributed by atoms with Gasteiger partial charge in [-0.2, -0.15) is 0 Å². The third-order valence-electron chi connectivity index (χ3n) is 3.02. The van der Waals surface area contributed by atoms with Gasteiger partial charge >= 0.3 is 0 Å². The van der Waals surface area contributed by atoms with E-state index in [0.717, 1.165) is 12.8 Å². The summed E-state index contributed by atoms with van der Waals surface area (Å²) in [6.07, 6.45) is 5.74. The quantitative estimate of drug-likeness (QED) is 0.622. The zero-order chi connectivity index (χ0) is 13.7. The zero-order valence-electron chi connectivity index (χ0n) is 11.2. The highest BCUT2D eigenvalue weighted by molar-refractivity contribution is 7.84. The summed E-state index contributed by atoms with van der Waals surface area (Å²) in [7, 11) is -1.15. The van der Waals surface area contributed by atoms with E-state index in [2.05, 4.69) is 11.9 Å². The van der Waals surface area contributed by atoms with Crippen molar-refractivity contribution < 1.29 is 8.63 Å². The minimum atomic E-state index is -1.15. The van der Waals surface area contributed by atoms with Gasteiger partial charge in [-0.15, -0.1) is 0 Å². The molecule has 0 spiro atoms. The molecule has 1 unspecified atom stereocenters. The van der Waals surface area contributed by atoms with E-state index in [1.165, 1.54) is 19.3 Å². The number of fused-ring (bicyclic) bond motifs is 1. The molecule has 0 fully saturated rings. The van der Waals surface area contributed by atoms with Crippen molar-refractivity contribution in [3.63, 3.8) is 0 Å². The van der Waals surface area contributed by atoms with Gasteiger partial charge in [0.25, 0.3) is 5.22 Å². The summed E-state index contributed by atoms with van der Waals surface area (Å²) in [5.74, 6) is 0.617. The van der Waals surface area contributed by atoms with Gasteiger partial charge in [0.05, 0.1) is 0 Å². The number of nitrogens with two attached hydrogens (primary N) is 1. The van der Waals surface area contributed by atoms with Gasteiger partial charge in [-0.1, -0.05) is 32.6 Å². The Morgan fingerprint density at radius 1 is 1.26 bits per heavy atom. The predicted molar refractivity (Wildman–Crippen MR) is 78.5 cm³/mol. The molecule has 2 aromatic rings. The maximum absolute atomic E-state index is 12.1. The van der Waals surface area contributed by atoms with Crippen LogP contribution in [0.1, 0.15) is 39.0 Å². The lowest BCUT2D eigenvalue weighted by molar-refractivity contribution is 0.477. The maximum Gasteiger partial charge on any atom is 0.287 e. The number of nitrogens with zero attached hydrogens (tertiary/aromatic N) is 1. The normalized spacial score (nSPS) is 12.9. The summed E-state index contributed by atoms with van der Waals surface area (Å²) in [4.78, 5) is 4.24. The number of nitrogen functional groups attached to an aromatic ring is 1. The molecule has 2 rings (SSSR count). The molecule has 19 heavy (non-hydrogen) atoms. The van der Waals surface area contributed by atoms with Crippen molar-refractivity contribution in [2.24, 2.45) is 0 Å². The van der Waals surface area contributed by atoms with Crippen molar-refractivity contribution in [3.8, 4) is 0 Å². The Hall–Kier alpha value is -1.36. The highest BCUT2D eigenvalue weighted by atomic mass is 32.2. The first-order chi connectivity index (χ1) is 9.20. The fraction of sp³-hybridized carbons (Fsp3) is 0.500. The van der Waals surface area contributed by atoms with Crippen LogP contribution in [-0.4, -0.2) is 14.9 Å². The standard InChI is InChI=1S/C14H20N2O2S/c1-2-3-4-5-6-9-19(17)14-16-12-10-11(15)7-8-13(12)18-14/h7-8,10H,2-6,9,15H2,1H3. The lowest BCUT2D eigenvalue weighted by atomic mass is 10.2. The van der Waals surface area contributed by atoms with E-state index in [1.54, 1.807) is 18.2 Å². The molecule has 4 nitrogen and oxygen atoms in total. The van der Waals surface area contributed by atoms with Crippen LogP contribution < -0.4 is 5.73 Å². The second kappa shape index (κ2) is 6.70. The molecule has 0 aliphatic carbocycles. The van der Waals surface area contributed by atoms with Gasteiger partial charge in [0.15, 0.2) is 5.58 Å². The molecule has 104 valence electrons. The van der Waals surface area contributed by atoms with E-state index in [-0.39, 0.29) is 0 Å². The number of benzene rings is 1. The number of aromatic nitrogens is 1. The lowest BCUT2D eigenvalue weighted by Crippen LogP contribution is -1.98. The molecular formula is C14H20N2O2S. The minimum Gasteiger partial charge on any atom is -0.430 e. The van der Waals surface area contributed by atoms with E-state index in [4.69, 9.17) is 10.2 Å². The summed E-state index contributed by atoms with van der Waals surface area (Å²) >= 11 is 0. The lowest BCUT2D eigenvalue weighted by Gasteiger charge is -1.98. The fourth-order valence-corrected chi connectivity index (χ4v) is 2.97. The molecule has 1 heterocycles. The second-order valence-corrected chi connectivity index (χ2v) is 6.12. The van der Waals surface area contributed by atoms with Crippen molar-refractivity contribution in [3.05, 3.63) is 18.2 Å². The zero-order valence-corrected chi connectivity index (χ0v) is 12.0. The molecule has 5 heteroatoms. The number of oxazole rings is 1. The summed E-state index contributed by atoms with van der Waals surface area (Å²) < 4.78 is 17.6. The number of anilines is 1. The van der Waals surface area contributed by atoms with Gasteiger partial charge < -0.3 is 10.2 Å². The number of rotatable bonds is 7. The van der Waals surface area contributed by atoms with E-state index >= 15 is 0 Å². The minimum absolute atomic E-state index is 0.316. The molecule has 0 bridgehead atoms. The predicted octanol–water partition coefficient (Wildman–Crippen LogP) is 3.49. The highest BCUT2D eigenvalue weighted by Crippen LogP contribution is 2.20. The van der Waals surface area contributed by atoms with E-state index in [1.807, 2.05) is 0 Å². The molecule has 1 aromatic heterocycles. The van der Waals surface area contributed by atoms with Crippen molar-refractivity contribution in [2.75, 3.05) is 11.5 Å². The highest BCUT2D eigenvalue weighted by Gasteiger charge is 2.12. The first-order valence-electron chi connectivity index (χ1n) is 6.75. The van der Waals surface area contributed by atoms with Crippen LogP contribution in [0, 0.1) is 0 Å². The molecular weight excluding hydrogens is 260 g/mol. The monoisotopic (exact) mass is 280 g/mol. The van der Waals surface area contributed by atoms with Crippen molar-refractivity contribution in [1.29, 1.82) is 0 Å². The van der Waals surface area contributed by atoms with Gasteiger partial charge in [0, 0.05) is 11.4 Å². The number of hydrogen-bond donors (Lipinski definition) is 1. The molecule has 1 atom stereocenters. The summed E-state index contributed by atoms with van der Waals surface area (Å²) in [5, 5.41) is 0.316. The van der Waals surface area contributed by atoms with Crippen LogP contribution in [0.25, 0.3) is 11.1 Å². The Labute approximate surface area is 115 Å². The van der Waals surface area contributed by atoms with Crippen LogP contribution in [0.5, 0.6) is 0 Å². The van der Waals surface area contributed by atoms with Crippen LogP contribution >= 0.6 is 0 Å². The van der Waals surface area contributed by atoms with Crippen molar-refractivity contribution in [1.82, 2.24) is 4.98 Å². The Morgan fingerprint density at radius 3 is 2.84 bits per heavy atom. The molecule has 0 saturated carbocycles. The Balaban J connectivity index is 1.94. The van der Waals surface area contributed by atoms with Crippen LogP contribution in [0.4, 0.5) is 5.69 Å². The summed E-state index contributed by atoms with van der Waals surface area (Å²) in [6.45, 7) is 2.18. The molecule has 0 radical (unpaired) electrons. The third kappa shape index (κ3) is 3.80. The van der Waals surface area contributed by atoms with Gasteiger partial charge in [-0.25, -0.2) is 9.19 Å². The Bertz CT molecular complexity index is 566. The molecule has 2 N–H and O–H groups in total. The average Bonchev–Trinajstić information content (AvgIpc) is 2.81. The van der Waals surface area contributed by atoms with Crippen molar-refractivity contribution in [2.45, 2.75) is 44.3 Å². The first kappa shape index (κ1) is 14.1. The second-order valence-electron chi connectivity index (χ2n) is 4.67. The van der Waals surface area contributed by atoms with Crippen LogP contribution in [0.15, 0.2) is 27.8 Å². The van der Waals surface area contributed by atoms with Crippen LogP contribution in [0.3, 0.4) is 0 Å². The first-order valence-corrected chi connectivity index (χ1v) is 8.07. The van der Waals surface area contributed by atoms with E-state index in [9.17, 15) is 4.21 Å². The van der Waals surface area contributed by atoms with Gasteiger partial charge in [0.2, 0.25) is 0 Å². The topological polar surface area (TPSA) is 69.1 Å². The molecule has 0 amide bonds. The SMILES string of the molecule is CCCCCCCS(=O)c1nc2cc(N)ccc2o1. The van der Waals surface area contributed by atoms with Gasteiger partial charge in [-0.3, -0.25) is 0 Å². The maximum atomic E-state index is 12.1. The van der Waals surface area contributed by atoms with E-state index < -0.39 is 10.8 Å². The third-order valence-corrected chi connectivity index (χ3v) is 4.24. The summed E-state index contributed by atoms with van der Waals surface area (Å²) in [5.41, 5.74) is 7.63. The van der Waals surface area contributed by atoms with Crippen LogP contribution in [0.2, 0.25) is 0 Å². The van der Waals surface area contributed by atoms with Gasteiger partial charge in [0.1, 0.15) is 16.3 Å². The molecule has 0 aliphatic heterocycles. The number of hydrogen-bond acceptors (Lipinski definition) is 4. The molecule has 1 aromatic carbocycles. The van der Waals surface area contributed by atoms with Crippen molar-refractivity contribution >= 4 is 27.6 Å². The summed E-state index contributed by atoms with van der Waals surface area (Å²) in [6, 6.07) is 5.26. The smallest absolute Gasteiger partial charge is 0.287 e. The van der Waals surface area contributed by atoms with E-state index in [0.29, 0.717) is 27.8 Å². The largest absolute Gasteiger partial charge is 0.430 e. The fourth-order valence-electron chi connectivity index (χ4n) is 1.94. The average molecular weight is 280 g/mol.